The van der Waals surface area contributed by atoms with Crippen LogP contribution in [0.5, 0.6) is 0 Å². The smallest absolute Gasteiger partial charge is 0.257 e. The van der Waals surface area contributed by atoms with Crippen LogP contribution in [0.1, 0.15) is 50.4 Å². The van der Waals surface area contributed by atoms with Crippen LogP contribution in [-0.2, 0) is 12.8 Å². The molecule has 3 N–H and O–H groups in total. The molecule has 0 spiro atoms. The van der Waals surface area contributed by atoms with Gasteiger partial charge in [-0.15, -0.1) is 36.2 Å². The largest absolute Gasteiger partial charge is 0.352 e. The molecule has 0 aliphatic heterocycles. The number of thiophene rings is 1. The van der Waals surface area contributed by atoms with Gasteiger partial charge in [-0.25, -0.2) is 0 Å². The minimum absolute atomic E-state index is 0. The van der Waals surface area contributed by atoms with Crippen LogP contribution in [-0.4, -0.2) is 36.9 Å². The molecule has 1 aliphatic carbocycles. The Morgan fingerprint density at radius 2 is 1.93 bits per heavy atom. The summed E-state index contributed by atoms with van der Waals surface area (Å²) in [7, 11) is 1.89. The Hall–Kier alpha value is -1.67. The fourth-order valence-corrected chi connectivity index (χ4v) is 4.40. The van der Waals surface area contributed by atoms with Crippen LogP contribution in [0, 0.1) is 0 Å². The third-order valence-electron chi connectivity index (χ3n) is 4.44. The summed E-state index contributed by atoms with van der Waals surface area (Å²) in [5.41, 5.74) is 2.24. The fourth-order valence-electron chi connectivity index (χ4n) is 3.12. The molecule has 2 aromatic rings. The van der Waals surface area contributed by atoms with E-state index in [-0.39, 0.29) is 36.6 Å². The maximum Gasteiger partial charge on any atom is 0.257 e. The molecule has 3 rings (SSSR count). The van der Waals surface area contributed by atoms with Gasteiger partial charge in [0, 0.05) is 23.8 Å². The fraction of sp³-hybridized carbons (Fsp3) is 0.421. The van der Waals surface area contributed by atoms with Crippen molar-refractivity contribution < 1.29 is 9.59 Å². The van der Waals surface area contributed by atoms with Crippen molar-refractivity contribution in [1.82, 2.24) is 15.6 Å². The van der Waals surface area contributed by atoms with E-state index in [4.69, 9.17) is 0 Å². The Morgan fingerprint density at radius 3 is 2.64 bits per heavy atom. The Balaban J connectivity index is 0.00000196. The first kappa shape index (κ1) is 24.4. The molecule has 2 amide bonds. The quantitative estimate of drug-likeness (QED) is 0.570. The van der Waals surface area contributed by atoms with Crippen molar-refractivity contribution in [1.29, 1.82) is 0 Å². The normalized spacial score (nSPS) is 12.2. The molecule has 0 unspecified atom stereocenters. The summed E-state index contributed by atoms with van der Waals surface area (Å²) in [4.78, 5) is 30.5. The van der Waals surface area contributed by atoms with Crippen LogP contribution in [0.15, 0.2) is 24.5 Å². The maximum atomic E-state index is 12.8. The first-order valence-electron chi connectivity index (χ1n) is 8.99. The van der Waals surface area contributed by atoms with Crippen LogP contribution in [0.4, 0.5) is 5.00 Å². The van der Waals surface area contributed by atoms with Crippen molar-refractivity contribution in [3.63, 3.8) is 0 Å². The first-order chi connectivity index (χ1) is 12.7. The highest BCUT2D eigenvalue weighted by Crippen LogP contribution is 2.38. The molecule has 6 nitrogen and oxygen atoms in total. The third kappa shape index (κ3) is 5.91. The van der Waals surface area contributed by atoms with Crippen LogP contribution >= 0.6 is 36.2 Å². The van der Waals surface area contributed by atoms with E-state index >= 15 is 0 Å². The number of hydrogen-bond acceptors (Lipinski definition) is 5. The number of carbonyl (C=O) groups excluding carboxylic acids is 2. The number of aryl methyl sites for hydroxylation is 1. The lowest BCUT2D eigenvalue weighted by Gasteiger charge is -2.13. The Morgan fingerprint density at radius 1 is 1.14 bits per heavy atom. The number of nitrogens with zero attached hydrogens (tertiary/aromatic N) is 1. The van der Waals surface area contributed by atoms with Gasteiger partial charge in [0.15, 0.2) is 0 Å². The van der Waals surface area contributed by atoms with E-state index < -0.39 is 0 Å². The van der Waals surface area contributed by atoms with Crippen molar-refractivity contribution in [3.8, 4) is 0 Å². The predicted octanol–water partition coefficient (Wildman–Crippen LogP) is 3.46. The summed E-state index contributed by atoms with van der Waals surface area (Å²) in [5.74, 6) is -0.331. The van der Waals surface area contributed by atoms with Gasteiger partial charge in [0.25, 0.3) is 11.8 Å². The van der Waals surface area contributed by atoms with Crippen LogP contribution in [0.3, 0.4) is 0 Å². The molecule has 0 bridgehead atoms. The van der Waals surface area contributed by atoms with Gasteiger partial charge in [-0.3, -0.25) is 14.6 Å². The van der Waals surface area contributed by atoms with E-state index in [1.165, 1.54) is 22.4 Å². The standard InChI is InChI=1S/C19H24N4O2S.2ClH/c1-20-9-5-11-22-18(25)16-14-7-2-3-8-15(14)26-19(16)23-17(24)13-6-4-10-21-12-13;;/h4,6,10,12,20H,2-3,5,7-9,11H2,1H3,(H,22,25)(H,23,24);2*1H. The lowest BCUT2D eigenvalue weighted by Crippen LogP contribution is -2.28. The van der Waals surface area contributed by atoms with Gasteiger partial charge in [0.05, 0.1) is 11.1 Å². The summed E-state index contributed by atoms with van der Waals surface area (Å²) < 4.78 is 0. The molecule has 0 saturated carbocycles. The van der Waals surface area contributed by atoms with Crippen molar-refractivity contribution in [2.24, 2.45) is 0 Å². The summed E-state index contributed by atoms with van der Waals surface area (Å²) in [6, 6.07) is 3.44. The second-order valence-corrected chi connectivity index (χ2v) is 7.43. The molecule has 2 aromatic heterocycles. The first-order valence-corrected chi connectivity index (χ1v) is 9.81. The SMILES string of the molecule is CNCCCNC(=O)c1c(NC(=O)c2cccnc2)sc2c1CCCC2.Cl.Cl. The van der Waals surface area contributed by atoms with E-state index in [1.54, 1.807) is 18.3 Å². The van der Waals surface area contributed by atoms with Gasteiger partial charge in [-0.2, -0.15) is 0 Å². The maximum absolute atomic E-state index is 12.8. The number of rotatable bonds is 7. The average molecular weight is 445 g/mol. The molecule has 2 heterocycles. The number of fused-ring (bicyclic) bond motifs is 1. The molecule has 28 heavy (non-hydrogen) atoms. The van der Waals surface area contributed by atoms with Gasteiger partial charge in [0.2, 0.25) is 0 Å². The number of pyridine rings is 1. The van der Waals surface area contributed by atoms with E-state index in [0.717, 1.165) is 44.2 Å². The minimum Gasteiger partial charge on any atom is -0.352 e. The topological polar surface area (TPSA) is 83.1 Å². The number of carbonyl (C=O) groups is 2. The summed E-state index contributed by atoms with van der Waals surface area (Å²) in [5, 5.41) is 9.64. The number of aromatic nitrogens is 1. The van der Waals surface area contributed by atoms with E-state index in [0.29, 0.717) is 22.7 Å². The van der Waals surface area contributed by atoms with E-state index in [2.05, 4.69) is 20.9 Å². The molecule has 9 heteroatoms. The number of nitrogens with one attached hydrogen (secondary N) is 3. The number of halogens is 2. The summed E-state index contributed by atoms with van der Waals surface area (Å²) in [6.45, 7) is 1.47. The highest BCUT2D eigenvalue weighted by Gasteiger charge is 2.26. The molecule has 0 saturated heterocycles. The molecule has 1 aliphatic rings. The Labute approximate surface area is 181 Å². The Kier molecular flexibility index (Phi) is 10.5. The highest BCUT2D eigenvalue weighted by atomic mass is 35.5. The van der Waals surface area contributed by atoms with E-state index in [1.807, 2.05) is 7.05 Å². The molecule has 0 radical (unpaired) electrons. The van der Waals surface area contributed by atoms with Crippen molar-refractivity contribution in [2.75, 3.05) is 25.5 Å². The molecule has 0 atom stereocenters. The second kappa shape index (κ2) is 12.0. The zero-order valence-corrected chi connectivity index (χ0v) is 18.2. The minimum atomic E-state index is -0.235. The van der Waals surface area contributed by atoms with Gasteiger partial charge >= 0.3 is 0 Å². The molecular weight excluding hydrogens is 419 g/mol. The monoisotopic (exact) mass is 444 g/mol. The predicted molar refractivity (Wildman–Crippen MR) is 119 cm³/mol. The zero-order valence-electron chi connectivity index (χ0n) is 15.7. The van der Waals surface area contributed by atoms with Crippen LogP contribution < -0.4 is 16.0 Å². The highest BCUT2D eigenvalue weighted by molar-refractivity contribution is 7.17. The lowest BCUT2D eigenvalue weighted by atomic mass is 9.95. The average Bonchev–Trinajstić information content (AvgIpc) is 3.03. The number of anilines is 1. The van der Waals surface area contributed by atoms with Crippen molar-refractivity contribution in [3.05, 3.63) is 46.1 Å². The molecule has 0 fully saturated rings. The summed E-state index contributed by atoms with van der Waals surface area (Å²) >= 11 is 1.53. The number of hydrogen-bond donors (Lipinski definition) is 3. The second-order valence-electron chi connectivity index (χ2n) is 6.32. The molecular formula is C19H26Cl2N4O2S. The van der Waals surface area contributed by atoms with Crippen LogP contribution in [0.2, 0.25) is 0 Å². The van der Waals surface area contributed by atoms with Gasteiger partial charge in [0.1, 0.15) is 5.00 Å². The number of amides is 2. The molecule has 154 valence electrons. The van der Waals surface area contributed by atoms with Gasteiger partial charge in [-0.1, -0.05) is 0 Å². The van der Waals surface area contributed by atoms with E-state index in [9.17, 15) is 9.59 Å². The van der Waals surface area contributed by atoms with Gasteiger partial charge < -0.3 is 16.0 Å². The zero-order chi connectivity index (χ0) is 18.4. The van der Waals surface area contributed by atoms with Crippen LogP contribution in [0.25, 0.3) is 0 Å². The van der Waals surface area contributed by atoms with Crippen molar-refractivity contribution >= 4 is 53.0 Å². The third-order valence-corrected chi connectivity index (χ3v) is 5.65. The van der Waals surface area contributed by atoms with Crippen molar-refractivity contribution in [2.45, 2.75) is 32.1 Å². The summed E-state index contributed by atoms with van der Waals surface area (Å²) in [6.07, 6.45) is 8.11. The molecule has 0 aromatic carbocycles. The lowest BCUT2D eigenvalue weighted by molar-refractivity contribution is 0.0953. The Bertz CT molecular complexity index is 784. The van der Waals surface area contributed by atoms with Gasteiger partial charge in [-0.05, 0) is 63.4 Å².